The Labute approximate surface area is 156 Å². The van der Waals surface area contributed by atoms with Crippen molar-refractivity contribution in [3.8, 4) is 0 Å². The van der Waals surface area contributed by atoms with Gasteiger partial charge in [-0.05, 0) is 49.4 Å². The molecule has 0 fully saturated rings. The van der Waals surface area contributed by atoms with Crippen LogP contribution in [0.1, 0.15) is 33.0 Å². The van der Waals surface area contributed by atoms with Crippen molar-refractivity contribution in [2.45, 2.75) is 25.7 Å². The van der Waals surface area contributed by atoms with Gasteiger partial charge >= 0.3 is 0 Å². The zero-order valence-electron chi connectivity index (χ0n) is 14.7. The van der Waals surface area contributed by atoms with Gasteiger partial charge in [0.2, 0.25) is 0 Å². The topological polar surface area (TPSA) is 49.3 Å². The molecule has 0 N–H and O–H groups in total. The van der Waals surface area contributed by atoms with Crippen molar-refractivity contribution < 1.29 is 4.79 Å². The van der Waals surface area contributed by atoms with E-state index < -0.39 is 0 Å². The molecule has 0 bridgehead atoms. The van der Waals surface area contributed by atoms with Gasteiger partial charge in [0.15, 0.2) is 11.6 Å². The molecule has 5 rings (SSSR count). The van der Waals surface area contributed by atoms with Gasteiger partial charge in [-0.3, -0.25) is 9.69 Å². The predicted octanol–water partition coefficient (Wildman–Crippen LogP) is 3.67. The fourth-order valence-electron chi connectivity index (χ4n) is 3.86. The van der Waals surface area contributed by atoms with Gasteiger partial charge in [0, 0.05) is 25.0 Å². The molecule has 3 heterocycles. The van der Waals surface area contributed by atoms with Crippen LogP contribution < -0.4 is 9.80 Å². The average molecular weight is 364 g/mol. The van der Waals surface area contributed by atoms with E-state index in [-0.39, 0.29) is 5.91 Å². The molecule has 132 valence electrons. The third-order valence-electron chi connectivity index (χ3n) is 5.23. The molecule has 6 heteroatoms. The molecular weight excluding hydrogens is 344 g/mol. The number of para-hydroxylation sites is 2. The number of amides is 1. The molecule has 26 heavy (non-hydrogen) atoms. The Kier molecular flexibility index (Phi) is 3.67. The number of aryl methyl sites for hydroxylation is 2. The standard InChI is InChI=1S/C20H20N4OS/c1-23-10-5-11-24(20(25)17-12-13-6-4-9-16(13)26-17)19-18(23)21-14-7-2-3-8-15(14)22-19/h2-3,7-8,12H,4-6,9-11H2,1H3. The maximum absolute atomic E-state index is 13.3. The predicted molar refractivity (Wildman–Crippen MR) is 105 cm³/mol. The van der Waals surface area contributed by atoms with Crippen molar-refractivity contribution in [2.75, 3.05) is 29.9 Å². The number of carbonyl (C=O) groups excluding carboxylic acids is 1. The normalized spacial score (nSPS) is 16.5. The zero-order chi connectivity index (χ0) is 17.7. The van der Waals surface area contributed by atoms with Crippen molar-refractivity contribution in [3.63, 3.8) is 0 Å². The average Bonchev–Trinajstić information content (AvgIpc) is 3.21. The maximum atomic E-state index is 13.3. The number of thiophene rings is 1. The SMILES string of the molecule is CN1CCCN(C(=O)c2cc3c(s2)CCC3)c2nc3ccccc3nc21. The summed E-state index contributed by atoms with van der Waals surface area (Å²) >= 11 is 1.66. The molecule has 0 radical (unpaired) electrons. The number of aromatic nitrogens is 2. The maximum Gasteiger partial charge on any atom is 0.269 e. The van der Waals surface area contributed by atoms with Gasteiger partial charge in [-0.15, -0.1) is 11.3 Å². The second-order valence-electron chi connectivity index (χ2n) is 7.00. The lowest BCUT2D eigenvalue weighted by Crippen LogP contribution is -2.32. The lowest BCUT2D eigenvalue weighted by atomic mass is 10.2. The fourth-order valence-corrected chi connectivity index (χ4v) is 5.06. The summed E-state index contributed by atoms with van der Waals surface area (Å²) in [5.41, 5.74) is 3.05. The van der Waals surface area contributed by atoms with Crippen molar-refractivity contribution in [3.05, 3.63) is 45.6 Å². The fraction of sp³-hybridized carbons (Fsp3) is 0.350. The first-order valence-corrected chi connectivity index (χ1v) is 9.94. The van der Waals surface area contributed by atoms with Crippen LogP contribution in [0, 0.1) is 0 Å². The largest absolute Gasteiger partial charge is 0.357 e. The number of rotatable bonds is 1. The highest BCUT2D eigenvalue weighted by molar-refractivity contribution is 7.14. The summed E-state index contributed by atoms with van der Waals surface area (Å²) in [5, 5.41) is 0. The number of benzene rings is 1. The number of fused-ring (bicyclic) bond motifs is 3. The van der Waals surface area contributed by atoms with E-state index in [4.69, 9.17) is 9.97 Å². The van der Waals surface area contributed by atoms with Crippen molar-refractivity contribution in [2.24, 2.45) is 0 Å². The van der Waals surface area contributed by atoms with Crippen LogP contribution in [0.15, 0.2) is 30.3 Å². The quantitative estimate of drug-likeness (QED) is 0.661. The van der Waals surface area contributed by atoms with Crippen LogP contribution >= 0.6 is 11.3 Å². The van der Waals surface area contributed by atoms with E-state index in [2.05, 4.69) is 11.0 Å². The second-order valence-corrected chi connectivity index (χ2v) is 8.14. The third kappa shape index (κ3) is 2.48. The van der Waals surface area contributed by atoms with Gasteiger partial charge in [0.1, 0.15) is 0 Å². The number of nitrogens with zero attached hydrogens (tertiary/aromatic N) is 4. The van der Waals surface area contributed by atoms with E-state index in [0.717, 1.165) is 47.5 Å². The number of hydrogen-bond acceptors (Lipinski definition) is 5. The molecule has 0 saturated heterocycles. The Morgan fingerprint density at radius 3 is 2.58 bits per heavy atom. The minimum Gasteiger partial charge on any atom is -0.357 e. The Morgan fingerprint density at radius 1 is 1.04 bits per heavy atom. The first kappa shape index (κ1) is 15.8. The summed E-state index contributed by atoms with van der Waals surface area (Å²) in [7, 11) is 2.02. The van der Waals surface area contributed by atoms with Crippen LogP contribution in [-0.2, 0) is 12.8 Å². The van der Waals surface area contributed by atoms with Crippen molar-refractivity contribution in [1.29, 1.82) is 0 Å². The number of carbonyl (C=O) groups is 1. The molecule has 2 aliphatic rings. The highest BCUT2D eigenvalue weighted by atomic mass is 32.1. The first-order chi connectivity index (χ1) is 12.7. The Bertz CT molecular complexity index is 991. The number of anilines is 2. The molecule has 1 aromatic carbocycles. The lowest BCUT2D eigenvalue weighted by molar-refractivity contribution is 0.0990. The second kappa shape index (κ2) is 6.06. The van der Waals surface area contributed by atoms with Gasteiger partial charge in [-0.2, -0.15) is 0 Å². The summed E-state index contributed by atoms with van der Waals surface area (Å²) in [6.07, 6.45) is 4.33. The Balaban J connectivity index is 1.61. The molecule has 1 aliphatic carbocycles. The highest BCUT2D eigenvalue weighted by Gasteiger charge is 2.29. The van der Waals surface area contributed by atoms with E-state index in [1.165, 1.54) is 16.9 Å². The van der Waals surface area contributed by atoms with Crippen LogP contribution in [-0.4, -0.2) is 36.0 Å². The Morgan fingerprint density at radius 2 is 1.81 bits per heavy atom. The van der Waals surface area contributed by atoms with Crippen LogP contribution in [0.5, 0.6) is 0 Å². The van der Waals surface area contributed by atoms with Gasteiger partial charge in [0.05, 0.1) is 15.9 Å². The van der Waals surface area contributed by atoms with E-state index >= 15 is 0 Å². The molecule has 1 amide bonds. The van der Waals surface area contributed by atoms with E-state index in [1.807, 2.05) is 36.2 Å². The minimum absolute atomic E-state index is 0.0607. The summed E-state index contributed by atoms with van der Waals surface area (Å²) in [5.74, 6) is 1.53. The van der Waals surface area contributed by atoms with Gasteiger partial charge < -0.3 is 4.90 Å². The van der Waals surface area contributed by atoms with E-state index in [1.54, 1.807) is 11.3 Å². The van der Waals surface area contributed by atoms with Crippen LogP contribution in [0.4, 0.5) is 11.6 Å². The summed E-state index contributed by atoms with van der Waals surface area (Å²) in [4.78, 5) is 29.1. The van der Waals surface area contributed by atoms with Gasteiger partial charge in [-0.1, -0.05) is 12.1 Å². The molecule has 5 nitrogen and oxygen atoms in total. The smallest absolute Gasteiger partial charge is 0.269 e. The van der Waals surface area contributed by atoms with Gasteiger partial charge in [0.25, 0.3) is 5.91 Å². The molecule has 1 aliphatic heterocycles. The molecule has 0 unspecified atom stereocenters. The van der Waals surface area contributed by atoms with E-state index in [9.17, 15) is 4.79 Å². The molecule has 2 aromatic heterocycles. The molecule has 0 atom stereocenters. The monoisotopic (exact) mass is 364 g/mol. The van der Waals surface area contributed by atoms with Gasteiger partial charge in [-0.25, -0.2) is 9.97 Å². The lowest BCUT2D eigenvalue weighted by Gasteiger charge is -2.22. The highest BCUT2D eigenvalue weighted by Crippen LogP contribution is 2.35. The summed E-state index contributed by atoms with van der Waals surface area (Å²) < 4.78 is 0. The third-order valence-corrected chi connectivity index (χ3v) is 6.45. The minimum atomic E-state index is 0.0607. The summed E-state index contributed by atoms with van der Waals surface area (Å²) in [6.45, 7) is 1.54. The van der Waals surface area contributed by atoms with Crippen molar-refractivity contribution in [1.82, 2.24) is 9.97 Å². The van der Waals surface area contributed by atoms with Crippen LogP contribution in [0.2, 0.25) is 0 Å². The van der Waals surface area contributed by atoms with Crippen molar-refractivity contribution >= 4 is 39.9 Å². The Hall–Kier alpha value is -2.47. The van der Waals surface area contributed by atoms with Crippen LogP contribution in [0.3, 0.4) is 0 Å². The molecular formula is C20H20N4OS. The molecule has 0 spiro atoms. The molecule has 0 saturated carbocycles. The van der Waals surface area contributed by atoms with E-state index in [0.29, 0.717) is 12.4 Å². The zero-order valence-corrected chi connectivity index (χ0v) is 15.6. The number of hydrogen-bond donors (Lipinski definition) is 0. The first-order valence-electron chi connectivity index (χ1n) is 9.12. The van der Waals surface area contributed by atoms with Crippen LogP contribution in [0.25, 0.3) is 11.0 Å². The molecule has 3 aromatic rings. The summed E-state index contributed by atoms with van der Waals surface area (Å²) in [6, 6.07) is 9.95.